The average Bonchev–Trinajstić information content (AvgIpc) is 2.85. The van der Waals surface area contributed by atoms with E-state index in [1.54, 1.807) is 7.11 Å². The predicted molar refractivity (Wildman–Crippen MR) is 73.3 cm³/mol. The first kappa shape index (κ1) is 11.4. The number of nitrogens with one attached hydrogen (secondary N) is 1. The molecule has 2 aromatic heterocycles. The number of methoxy groups -OCH3 is 1. The molecule has 1 N–H and O–H groups in total. The molecule has 3 rings (SSSR count). The van der Waals surface area contributed by atoms with Crippen LogP contribution in [-0.4, -0.2) is 30.2 Å². The van der Waals surface area contributed by atoms with Crippen molar-refractivity contribution < 1.29 is 4.74 Å². The van der Waals surface area contributed by atoms with Crippen LogP contribution in [0, 0.1) is 5.92 Å². The number of hydrogen-bond donors (Lipinski definition) is 1. The predicted octanol–water partition coefficient (Wildman–Crippen LogP) is 2.81. The second-order valence-corrected chi connectivity index (χ2v) is 5.12. The topological polar surface area (TPSA) is 41.1 Å². The van der Waals surface area contributed by atoms with Crippen LogP contribution < -0.4 is 9.64 Å². The number of aromatic amines is 1. The zero-order valence-electron chi connectivity index (χ0n) is 10.9. The molecule has 0 aliphatic carbocycles. The van der Waals surface area contributed by atoms with Crippen LogP contribution in [0.2, 0.25) is 0 Å². The molecule has 1 aliphatic rings. The Morgan fingerprint density at radius 2 is 2.39 bits per heavy atom. The van der Waals surface area contributed by atoms with Crippen LogP contribution in [0.4, 0.5) is 5.69 Å². The van der Waals surface area contributed by atoms with E-state index in [0.29, 0.717) is 0 Å². The van der Waals surface area contributed by atoms with Crippen molar-refractivity contribution in [3.05, 3.63) is 18.5 Å². The number of fused-ring (bicyclic) bond motifs is 1. The molecule has 2 aromatic rings. The fraction of sp³-hybridized carbons (Fsp3) is 0.500. The van der Waals surface area contributed by atoms with Crippen LogP contribution in [-0.2, 0) is 0 Å². The normalized spacial score (nSPS) is 20.3. The summed E-state index contributed by atoms with van der Waals surface area (Å²) in [6.07, 6.45) is 6.37. The molecular formula is C14H19N3O. The highest BCUT2D eigenvalue weighted by Gasteiger charge is 2.22. The van der Waals surface area contributed by atoms with Gasteiger partial charge in [-0.3, -0.25) is 0 Å². The van der Waals surface area contributed by atoms with E-state index in [9.17, 15) is 0 Å². The van der Waals surface area contributed by atoms with Crippen LogP contribution in [0.15, 0.2) is 18.5 Å². The molecular weight excluding hydrogens is 226 g/mol. The molecule has 0 amide bonds. The molecule has 0 radical (unpaired) electrons. The van der Waals surface area contributed by atoms with E-state index in [4.69, 9.17) is 4.74 Å². The molecule has 1 fully saturated rings. The minimum Gasteiger partial charge on any atom is -0.479 e. The Morgan fingerprint density at radius 1 is 1.50 bits per heavy atom. The van der Waals surface area contributed by atoms with Crippen molar-refractivity contribution >= 4 is 16.6 Å². The largest absolute Gasteiger partial charge is 0.479 e. The van der Waals surface area contributed by atoms with Gasteiger partial charge in [-0.15, -0.1) is 0 Å². The standard InChI is InChI=1S/C14H19N3O/c1-10-4-3-7-17(9-10)13-12-11(5-6-15-12)8-16-14(13)18-2/h5-6,8,10,15H,3-4,7,9H2,1-2H3/t10-/m1/s1. The number of ether oxygens (including phenoxy) is 1. The highest BCUT2D eigenvalue weighted by Crippen LogP contribution is 2.35. The quantitative estimate of drug-likeness (QED) is 0.884. The lowest BCUT2D eigenvalue weighted by Gasteiger charge is -2.33. The summed E-state index contributed by atoms with van der Waals surface area (Å²) < 4.78 is 5.44. The molecule has 18 heavy (non-hydrogen) atoms. The number of hydrogen-bond acceptors (Lipinski definition) is 3. The molecule has 1 aliphatic heterocycles. The second-order valence-electron chi connectivity index (χ2n) is 5.12. The van der Waals surface area contributed by atoms with Gasteiger partial charge in [0.05, 0.1) is 12.6 Å². The minimum absolute atomic E-state index is 0.721. The maximum Gasteiger partial charge on any atom is 0.239 e. The third-order valence-corrected chi connectivity index (χ3v) is 3.71. The Labute approximate surface area is 107 Å². The SMILES string of the molecule is COc1ncc2cc[nH]c2c1N1CCC[C@@H](C)C1. The van der Waals surface area contributed by atoms with Gasteiger partial charge in [-0.2, -0.15) is 0 Å². The molecule has 96 valence electrons. The number of piperidine rings is 1. The highest BCUT2D eigenvalue weighted by molar-refractivity contribution is 5.93. The van der Waals surface area contributed by atoms with Crippen molar-refractivity contribution in [2.75, 3.05) is 25.1 Å². The zero-order valence-corrected chi connectivity index (χ0v) is 10.9. The molecule has 0 bridgehead atoms. The third kappa shape index (κ3) is 1.82. The first-order valence-corrected chi connectivity index (χ1v) is 6.54. The number of nitrogens with zero attached hydrogens (tertiary/aromatic N) is 2. The van der Waals surface area contributed by atoms with Gasteiger partial charge in [0, 0.05) is 30.9 Å². The summed E-state index contributed by atoms with van der Waals surface area (Å²) in [6, 6.07) is 2.05. The summed E-state index contributed by atoms with van der Waals surface area (Å²) in [4.78, 5) is 10.1. The maximum absolute atomic E-state index is 5.44. The highest BCUT2D eigenvalue weighted by atomic mass is 16.5. The van der Waals surface area contributed by atoms with Crippen molar-refractivity contribution in [3.63, 3.8) is 0 Å². The Morgan fingerprint density at radius 3 is 3.17 bits per heavy atom. The van der Waals surface area contributed by atoms with Crippen LogP contribution in [0.25, 0.3) is 10.9 Å². The maximum atomic E-state index is 5.44. The van der Waals surface area contributed by atoms with Gasteiger partial charge in [-0.05, 0) is 24.8 Å². The summed E-state index contributed by atoms with van der Waals surface area (Å²) >= 11 is 0. The average molecular weight is 245 g/mol. The van der Waals surface area contributed by atoms with Gasteiger partial charge in [0.15, 0.2) is 0 Å². The molecule has 0 spiro atoms. The lowest BCUT2D eigenvalue weighted by Crippen LogP contribution is -2.34. The smallest absolute Gasteiger partial charge is 0.239 e. The zero-order chi connectivity index (χ0) is 12.5. The van der Waals surface area contributed by atoms with Gasteiger partial charge in [0.2, 0.25) is 5.88 Å². The van der Waals surface area contributed by atoms with Gasteiger partial charge in [0.1, 0.15) is 5.69 Å². The lowest BCUT2D eigenvalue weighted by molar-refractivity contribution is 0.391. The summed E-state index contributed by atoms with van der Waals surface area (Å²) in [7, 11) is 1.69. The monoisotopic (exact) mass is 245 g/mol. The molecule has 0 aromatic carbocycles. The molecule has 4 heteroatoms. The fourth-order valence-electron chi connectivity index (χ4n) is 2.83. The first-order valence-electron chi connectivity index (χ1n) is 6.54. The van der Waals surface area contributed by atoms with E-state index in [2.05, 4.69) is 27.9 Å². The number of H-pyrrole nitrogens is 1. The lowest BCUT2D eigenvalue weighted by atomic mass is 10.00. The van der Waals surface area contributed by atoms with E-state index >= 15 is 0 Å². The number of anilines is 1. The van der Waals surface area contributed by atoms with E-state index in [0.717, 1.165) is 41.5 Å². The van der Waals surface area contributed by atoms with Gasteiger partial charge < -0.3 is 14.6 Å². The van der Waals surface area contributed by atoms with E-state index in [-0.39, 0.29) is 0 Å². The molecule has 1 atom stereocenters. The van der Waals surface area contributed by atoms with Crippen molar-refractivity contribution in [3.8, 4) is 5.88 Å². The van der Waals surface area contributed by atoms with Crippen LogP contribution in [0.1, 0.15) is 19.8 Å². The number of pyridine rings is 1. The van der Waals surface area contributed by atoms with E-state index in [1.807, 2.05) is 12.4 Å². The Bertz CT molecular complexity index is 549. The van der Waals surface area contributed by atoms with Crippen LogP contribution in [0.5, 0.6) is 5.88 Å². The fourth-order valence-corrected chi connectivity index (χ4v) is 2.83. The number of aromatic nitrogens is 2. The van der Waals surface area contributed by atoms with Crippen molar-refractivity contribution in [2.45, 2.75) is 19.8 Å². The Kier molecular flexibility index (Phi) is 2.86. The minimum atomic E-state index is 0.721. The molecule has 0 unspecified atom stereocenters. The number of rotatable bonds is 2. The summed E-state index contributed by atoms with van der Waals surface area (Å²) in [6.45, 7) is 4.47. The van der Waals surface area contributed by atoms with Crippen molar-refractivity contribution in [2.24, 2.45) is 5.92 Å². The second kappa shape index (κ2) is 4.52. The molecule has 4 nitrogen and oxygen atoms in total. The summed E-state index contributed by atoms with van der Waals surface area (Å²) in [5.74, 6) is 1.45. The van der Waals surface area contributed by atoms with Crippen molar-refractivity contribution in [1.82, 2.24) is 9.97 Å². The summed E-state index contributed by atoms with van der Waals surface area (Å²) in [5, 5.41) is 1.14. The third-order valence-electron chi connectivity index (χ3n) is 3.71. The van der Waals surface area contributed by atoms with Crippen molar-refractivity contribution in [1.29, 1.82) is 0 Å². The van der Waals surface area contributed by atoms with E-state index in [1.165, 1.54) is 12.8 Å². The summed E-state index contributed by atoms with van der Waals surface area (Å²) in [5.41, 5.74) is 2.25. The van der Waals surface area contributed by atoms with Gasteiger partial charge in [-0.1, -0.05) is 6.92 Å². The molecule has 0 saturated carbocycles. The van der Waals surface area contributed by atoms with Gasteiger partial charge in [0.25, 0.3) is 0 Å². The van der Waals surface area contributed by atoms with Gasteiger partial charge in [-0.25, -0.2) is 4.98 Å². The van der Waals surface area contributed by atoms with E-state index < -0.39 is 0 Å². The Balaban J connectivity index is 2.10. The van der Waals surface area contributed by atoms with Gasteiger partial charge >= 0.3 is 0 Å². The Hall–Kier alpha value is -1.71. The van der Waals surface area contributed by atoms with Crippen LogP contribution in [0.3, 0.4) is 0 Å². The molecule has 3 heterocycles. The molecule has 1 saturated heterocycles. The first-order chi connectivity index (χ1) is 8.79. The van der Waals surface area contributed by atoms with Crippen LogP contribution >= 0.6 is 0 Å².